The minimum Gasteiger partial charge on any atom is -0.444 e. The van der Waals surface area contributed by atoms with Gasteiger partial charge in [-0.2, -0.15) is 5.26 Å². The zero-order valence-electron chi connectivity index (χ0n) is 20.9. The van der Waals surface area contributed by atoms with E-state index in [-0.39, 0.29) is 30.2 Å². The monoisotopic (exact) mass is 487 g/mol. The van der Waals surface area contributed by atoms with Gasteiger partial charge in [0.1, 0.15) is 29.8 Å². The highest BCUT2D eigenvalue weighted by molar-refractivity contribution is 5.98. The number of nitrogens with zero attached hydrogens (tertiary/aromatic N) is 2. The zero-order chi connectivity index (χ0) is 25.6. The number of rotatable bonds is 3. The van der Waals surface area contributed by atoms with E-state index in [1.807, 2.05) is 18.2 Å². The zero-order valence-corrected chi connectivity index (χ0v) is 20.9. The number of carbonyl (C=O) groups is 4. The summed E-state index contributed by atoms with van der Waals surface area (Å²) in [6.07, 6.45) is 8.72. The second-order valence-corrected chi connectivity index (χ2v) is 10.6. The fourth-order valence-corrected chi connectivity index (χ4v) is 4.82. The molecule has 0 spiro atoms. The summed E-state index contributed by atoms with van der Waals surface area (Å²) in [4.78, 5) is 53.6. The Morgan fingerprint density at radius 2 is 2.00 bits per heavy atom. The van der Waals surface area contributed by atoms with Crippen LogP contribution in [0.1, 0.15) is 72.1 Å². The van der Waals surface area contributed by atoms with Crippen LogP contribution in [-0.2, 0) is 19.1 Å². The number of fused-ring (bicyclic) bond motifs is 2. The summed E-state index contributed by atoms with van der Waals surface area (Å²) in [5, 5.41) is 17.1. The molecular weight excluding hydrogens is 450 g/mol. The molecular formula is C25H37N5O5. The molecule has 0 bridgehead atoms. The summed E-state index contributed by atoms with van der Waals surface area (Å²) in [6, 6.07) is 0.380. The maximum absolute atomic E-state index is 13.5. The highest BCUT2D eigenvalue weighted by Crippen LogP contribution is 2.45. The molecule has 0 radical (unpaired) electrons. The van der Waals surface area contributed by atoms with Gasteiger partial charge in [0.2, 0.25) is 17.7 Å². The molecule has 192 valence electrons. The summed E-state index contributed by atoms with van der Waals surface area (Å²) in [6.45, 7) is 5.53. The molecule has 3 rings (SSSR count). The maximum Gasteiger partial charge on any atom is 0.408 e. The van der Waals surface area contributed by atoms with Gasteiger partial charge >= 0.3 is 6.09 Å². The van der Waals surface area contributed by atoms with E-state index in [1.54, 1.807) is 20.8 Å². The lowest BCUT2D eigenvalue weighted by atomic mass is 10.0. The highest BCUT2D eigenvalue weighted by atomic mass is 16.6. The van der Waals surface area contributed by atoms with Crippen LogP contribution in [0.3, 0.4) is 0 Å². The van der Waals surface area contributed by atoms with Crippen molar-refractivity contribution >= 4 is 23.8 Å². The normalized spacial score (nSPS) is 30.3. The molecule has 0 aromatic rings. The molecule has 2 heterocycles. The van der Waals surface area contributed by atoms with Crippen molar-refractivity contribution in [3.05, 3.63) is 12.2 Å². The third kappa shape index (κ3) is 6.74. The number of ether oxygens (including phenoxy) is 1. The average Bonchev–Trinajstić information content (AvgIpc) is 3.24. The van der Waals surface area contributed by atoms with Gasteiger partial charge in [0, 0.05) is 12.5 Å². The van der Waals surface area contributed by atoms with Crippen molar-refractivity contribution in [3.63, 3.8) is 0 Å². The molecule has 3 aliphatic rings. The van der Waals surface area contributed by atoms with Crippen LogP contribution >= 0.6 is 0 Å². The topological polar surface area (TPSA) is 141 Å². The molecule has 0 aromatic carbocycles. The van der Waals surface area contributed by atoms with Crippen LogP contribution in [0.5, 0.6) is 0 Å². The van der Waals surface area contributed by atoms with Gasteiger partial charge in [-0.1, -0.05) is 25.0 Å². The minimum atomic E-state index is -1.10. The van der Waals surface area contributed by atoms with E-state index in [1.165, 1.54) is 4.90 Å². The molecule has 1 saturated heterocycles. The maximum atomic E-state index is 13.5. The van der Waals surface area contributed by atoms with Gasteiger partial charge in [0.05, 0.1) is 6.07 Å². The van der Waals surface area contributed by atoms with Crippen molar-refractivity contribution in [1.29, 1.82) is 5.26 Å². The van der Waals surface area contributed by atoms with Crippen LogP contribution in [0.2, 0.25) is 0 Å². The first-order valence-corrected chi connectivity index (χ1v) is 12.5. The third-order valence-electron chi connectivity index (χ3n) is 6.65. The molecule has 35 heavy (non-hydrogen) atoms. The summed E-state index contributed by atoms with van der Waals surface area (Å²) >= 11 is 0. The summed E-state index contributed by atoms with van der Waals surface area (Å²) < 4.78 is 5.36. The lowest BCUT2D eigenvalue weighted by molar-refractivity contribution is -0.141. The van der Waals surface area contributed by atoms with Crippen molar-refractivity contribution in [3.8, 4) is 6.07 Å². The Balaban J connectivity index is 1.81. The Labute approximate surface area is 206 Å². The van der Waals surface area contributed by atoms with E-state index in [9.17, 15) is 19.2 Å². The van der Waals surface area contributed by atoms with E-state index < -0.39 is 29.3 Å². The van der Waals surface area contributed by atoms with Crippen LogP contribution in [0.15, 0.2) is 12.2 Å². The molecule has 1 saturated carbocycles. The largest absolute Gasteiger partial charge is 0.444 e. The van der Waals surface area contributed by atoms with E-state index in [4.69, 9.17) is 10.00 Å². The molecule has 4 atom stereocenters. The van der Waals surface area contributed by atoms with Gasteiger partial charge < -0.3 is 25.6 Å². The number of allylic oxidation sites excluding steroid dienone is 1. The number of hydrogen-bond donors (Lipinski definition) is 3. The lowest BCUT2D eigenvalue weighted by Gasteiger charge is -2.30. The first kappa shape index (κ1) is 26.5. The summed E-state index contributed by atoms with van der Waals surface area (Å²) in [7, 11) is 0. The predicted molar refractivity (Wildman–Crippen MR) is 128 cm³/mol. The van der Waals surface area contributed by atoms with Crippen LogP contribution in [-0.4, -0.2) is 65.0 Å². The fourth-order valence-electron chi connectivity index (χ4n) is 4.82. The van der Waals surface area contributed by atoms with Crippen LogP contribution in [0.25, 0.3) is 0 Å². The van der Waals surface area contributed by atoms with Crippen molar-refractivity contribution in [2.45, 2.75) is 95.4 Å². The number of nitriles is 1. The molecule has 0 unspecified atom stereocenters. The van der Waals surface area contributed by atoms with E-state index >= 15 is 0 Å². The number of nitrogens with one attached hydrogen (secondary N) is 3. The number of carbonyl (C=O) groups excluding carboxylic acids is 4. The molecule has 1 aliphatic carbocycles. The molecule has 2 aliphatic heterocycles. The number of alkyl carbamates (subject to hydrolysis) is 1. The Hall–Kier alpha value is -3.09. The molecule has 2 fully saturated rings. The van der Waals surface area contributed by atoms with Crippen LogP contribution in [0.4, 0.5) is 4.79 Å². The van der Waals surface area contributed by atoms with Crippen LogP contribution < -0.4 is 16.0 Å². The molecule has 10 nitrogen and oxygen atoms in total. The SMILES string of the molecule is CC(C)(C)OC(=O)N[C@H]1CCCCC/C=C\[C@@H]2C[C@@]2(C(=O)NCC#N)NC(=O)[C@@H]2CCCN2C1=O. The van der Waals surface area contributed by atoms with Gasteiger partial charge in [-0.3, -0.25) is 14.4 Å². The fraction of sp³-hybridized carbons (Fsp3) is 0.720. The van der Waals surface area contributed by atoms with Crippen molar-refractivity contribution in [2.75, 3.05) is 13.1 Å². The molecule has 10 heteroatoms. The molecule has 0 aromatic heterocycles. The van der Waals surface area contributed by atoms with E-state index in [2.05, 4.69) is 16.0 Å². The van der Waals surface area contributed by atoms with Crippen LogP contribution in [0, 0.1) is 17.2 Å². The molecule has 4 amide bonds. The Bertz CT molecular complexity index is 905. The highest BCUT2D eigenvalue weighted by Gasteiger charge is 2.60. The summed E-state index contributed by atoms with van der Waals surface area (Å²) in [5.41, 5.74) is -1.80. The number of hydrogen-bond acceptors (Lipinski definition) is 6. The lowest BCUT2D eigenvalue weighted by Crippen LogP contribution is -2.58. The Kier molecular flexibility index (Phi) is 8.41. The van der Waals surface area contributed by atoms with Gasteiger partial charge in [-0.25, -0.2) is 4.79 Å². The minimum absolute atomic E-state index is 0.140. The third-order valence-corrected chi connectivity index (χ3v) is 6.65. The first-order chi connectivity index (χ1) is 16.6. The van der Waals surface area contributed by atoms with Gasteiger partial charge in [-0.05, 0) is 59.3 Å². The van der Waals surface area contributed by atoms with E-state index in [0.29, 0.717) is 32.2 Å². The van der Waals surface area contributed by atoms with Crippen molar-refractivity contribution in [2.24, 2.45) is 5.92 Å². The number of amides is 4. The van der Waals surface area contributed by atoms with Gasteiger partial charge in [0.25, 0.3) is 0 Å². The quantitative estimate of drug-likeness (QED) is 0.410. The first-order valence-electron chi connectivity index (χ1n) is 12.5. The van der Waals surface area contributed by atoms with Crippen molar-refractivity contribution in [1.82, 2.24) is 20.9 Å². The Morgan fingerprint density at radius 1 is 1.23 bits per heavy atom. The second-order valence-electron chi connectivity index (χ2n) is 10.6. The standard InChI is InChI=1S/C25H37N5O5/c1-24(2,3)35-23(34)28-18-11-8-6-4-5-7-10-17-16-25(17,22(33)27-14-13-26)29-20(31)19-12-9-15-30(19)21(18)32/h7,10,17-19H,4-6,8-9,11-12,14-16H2,1-3H3,(H,27,33)(H,28,34)(H,29,31)/b10-7-/t17-,18+,19+,25-/m1/s1. The van der Waals surface area contributed by atoms with Crippen molar-refractivity contribution < 1.29 is 23.9 Å². The average molecular weight is 488 g/mol. The van der Waals surface area contributed by atoms with Gasteiger partial charge in [0.15, 0.2) is 0 Å². The van der Waals surface area contributed by atoms with Gasteiger partial charge in [-0.15, -0.1) is 0 Å². The van der Waals surface area contributed by atoms with E-state index in [0.717, 1.165) is 25.7 Å². The Morgan fingerprint density at radius 3 is 2.71 bits per heavy atom. The molecule has 3 N–H and O–H groups in total. The second kappa shape index (κ2) is 11.1. The smallest absolute Gasteiger partial charge is 0.408 e. The summed E-state index contributed by atoms with van der Waals surface area (Å²) in [5.74, 6) is -1.23. The predicted octanol–water partition coefficient (Wildman–Crippen LogP) is 1.91.